The number of benzene rings is 1. The number of hydrogen-bond acceptors (Lipinski definition) is 2. The highest BCUT2D eigenvalue weighted by atomic mass is 35.5. The van der Waals surface area contributed by atoms with Gasteiger partial charge in [0.2, 0.25) is 0 Å². The Hall–Kier alpha value is -0.770. The summed E-state index contributed by atoms with van der Waals surface area (Å²) in [5, 5.41) is 3.56. The predicted molar refractivity (Wildman–Crippen MR) is 61.6 cm³/mol. The van der Waals surface area contributed by atoms with Crippen LogP contribution in [0.15, 0.2) is 18.2 Å². The second-order valence-electron chi connectivity index (χ2n) is 2.99. The number of halogens is 2. The first-order valence-corrected chi connectivity index (χ1v) is 5.09. The molecule has 0 fully saturated rings. The molecule has 1 atom stereocenters. The Morgan fingerprint density at radius 1 is 1.47 bits per heavy atom. The van der Waals surface area contributed by atoms with Gasteiger partial charge in [-0.3, -0.25) is 4.79 Å². The fourth-order valence-electron chi connectivity index (χ4n) is 0.932. The zero-order valence-corrected chi connectivity index (χ0v) is 9.89. The minimum Gasteiger partial charge on any atom is -0.372 e. The van der Waals surface area contributed by atoms with Crippen molar-refractivity contribution >= 4 is 34.8 Å². The Bertz CT molecular complexity index is 368. The average molecular weight is 248 g/mol. The van der Waals surface area contributed by atoms with Crippen LogP contribution in [0.4, 0.5) is 5.69 Å². The predicted octanol–water partition coefficient (Wildman–Crippen LogP) is 2.97. The molecule has 82 valence electrons. The summed E-state index contributed by atoms with van der Waals surface area (Å²) in [7, 11) is 1.47. The number of hydrogen-bond donors (Lipinski definition) is 1. The number of rotatable bonds is 3. The molecule has 0 radical (unpaired) electrons. The van der Waals surface area contributed by atoms with E-state index >= 15 is 0 Å². The van der Waals surface area contributed by atoms with Crippen molar-refractivity contribution < 1.29 is 9.53 Å². The van der Waals surface area contributed by atoms with Crippen molar-refractivity contribution in [3.8, 4) is 0 Å². The van der Waals surface area contributed by atoms with Crippen LogP contribution in [0.3, 0.4) is 0 Å². The molecular weight excluding hydrogens is 237 g/mol. The summed E-state index contributed by atoms with van der Waals surface area (Å²) in [5.41, 5.74) is 0.523. The van der Waals surface area contributed by atoms with Crippen molar-refractivity contribution in [1.82, 2.24) is 0 Å². The molecule has 0 saturated heterocycles. The van der Waals surface area contributed by atoms with Gasteiger partial charge in [0, 0.05) is 12.1 Å². The molecule has 15 heavy (non-hydrogen) atoms. The van der Waals surface area contributed by atoms with E-state index < -0.39 is 6.10 Å². The first-order chi connectivity index (χ1) is 7.04. The lowest BCUT2D eigenvalue weighted by Gasteiger charge is -2.11. The van der Waals surface area contributed by atoms with Crippen LogP contribution in [0.25, 0.3) is 0 Å². The van der Waals surface area contributed by atoms with Crippen molar-refractivity contribution in [3.05, 3.63) is 28.2 Å². The molecule has 1 amide bonds. The van der Waals surface area contributed by atoms with Gasteiger partial charge in [-0.15, -0.1) is 0 Å². The molecule has 3 nitrogen and oxygen atoms in total. The van der Waals surface area contributed by atoms with Crippen molar-refractivity contribution in [2.45, 2.75) is 13.0 Å². The summed E-state index contributed by atoms with van der Waals surface area (Å²) in [4.78, 5) is 11.5. The molecule has 0 saturated carbocycles. The van der Waals surface area contributed by atoms with Crippen molar-refractivity contribution in [1.29, 1.82) is 0 Å². The van der Waals surface area contributed by atoms with E-state index in [0.717, 1.165) is 0 Å². The molecule has 1 aromatic carbocycles. The van der Waals surface area contributed by atoms with Crippen LogP contribution in [0.5, 0.6) is 0 Å². The second-order valence-corrected chi connectivity index (χ2v) is 3.83. The number of amides is 1. The Kier molecular flexibility index (Phi) is 4.39. The van der Waals surface area contributed by atoms with Crippen molar-refractivity contribution in [2.24, 2.45) is 0 Å². The van der Waals surface area contributed by atoms with E-state index in [1.54, 1.807) is 25.1 Å². The molecule has 1 N–H and O–H groups in total. The first-order valence-electron chi connectivity index (χ1n) is 4.33. The van der Waals surface area contributed by atoms with Crippen molar-refractivity contribution in [3.63, 3.8) is 0 Å². The van der Waals surface area contributed by atoms with Crippen LogP contribution >= 0.6 is 23.2 Å². The third-order valence-corrected chi connectivity index (χ3v) is 2.46. The fraction of sp³-hybridized carbons (Fsp3) is 0.300. The molecule has 0 aromatic heterocycles. The van der Waals surface area contributed by atoms with E-state index in [9.17, 15) is 4.79 Å². The molecule has 5 heteroatoms. The highest BCUT2D eigenvalue weighted by Crippen LogP contribution is 2.25. The van der Waals surface area contributed by atoms with E-state index in [2.05, 4.69) is 5.32 Å². The lowest BCUT2D eigenvalue weighted by atomic mass is 10.3. The standard InChI is InChI=1S/C10H11Cl2NO2/c1-6(15-2)10(14)13-9-4-3-7(11)5-8(9)12/h3-6H,1-2H3,(H,13,14). The highest BCUT2D eigenvalue weighted by molar-refractivity contribution is 6.36. The molecule has 1 rings (SSSR count). The SMILES string of the molecule is COC(C)C(=O)Nc1ccc(Cl)cc1Cl. The van der Waals surface area contributed by atoms with Crippen LogP contribution in [-0.4, -0.2) is 19.1 Å². The van der Waals surface area contributed by atoms with Crippen LogP contribution in [0.2, 0.25) is 10.0 Å². The van der Waals surface area contributed by atoms with Crippen LogP contribution in [-0.2, 0) is 9.53 Å². The average Bonchev–Trinajstić information content (AvgIpc) is 2.20. The Balaban J connectivity index is 2.77. The Morgan fingerprint density at radius 3 is 2.67 bits per heavy atom. The zero-order valence-electron chi connectivity index (χ0n) is 8.38. The smallest absolute Gasteiger partial charge is 0.253 e. The molecule has 0 spiro atoms. The van der Waals surface area contributed by atoms with E-state index in [1.807, 2.05) is 0 Å². The summed E-state index contributed by atoms with van der Waals surface area (Å²) in [6.45, 7) is 1.65. The molecule has 0 aliphatic rings. The number of carbonyl (C=O) groups is 1. The number of anilines is 1. The minimum absolute atomic E-state index is 0.248. The number of methoxy groups -OCH3 is 1. The van der Waals surface area contributed by atoms with E-state index in [4.69, 9.17) is 27.9 Å². The molecule has 0 bridgehead atoms. The van der Waals surface area contributed by atoms with Gasteiger partial charge in [-0.05, 0) is 25.1 Å². The van der Waals surface area contributed by atoms with Gasteiger partial charge < -0.3 is 10.1 Å². The topological polar surface area (TPSA) is 38.3 Å². The summed E-state index contributed by atoms with van der Waals surface area (Å²) in [6, 6.07) is 4.86. The lowest BCUT2D eigenvalue weighted by Crippen LogP contribution is -2.26. The van der Waals surface area contributed by atoms with E-state index in [-0.39, 0.29) is 5.91 Å². The van der Waals surface area contributed by atoms with Crippen LogP contribution < -0.4 is 5.32 Å². The highest BCUT2D eigenvalue weighted by Gasteiger charge is 2.12. The quantitative estimate of drug-likeness (QED) is 0.892. The van der Waals surface area contributed by atoms with Crippen LogP contribution in [0.1, 0.15) is 6.92 Å². The molecule has 0 aliphatic heterocycles. The summed E-state index contributed by atoms with van der Waals surface area (Å²) in [6.07, 6.45) is -0.517. The third-order valence-electron chi connectivity index (χ3n) is 1.91. The summed E-state index contributed by atoms with van der Waals surface area (Å²) >= 11 is 11.6. The molecule has 1 unspecified atom stereocenters. The van der Waals surface area contributed by atoms with Gasteiger partial charge in [0.1, 0.15) is 6.10 Å². The molecule has 0 aliphatic carbocycles. The second kappa shape index (κ2) is 5.35. The summed E-state index contributed by atoms with van der Waals surface area (Å²) < 4.78 is 4.87. The lowest BCUT2D eigenvalue weighted by molar-refractivity contribution is -0.124. The summed E-state index contributed by atoms with van der Waals surface area (Å²) in [5.74, 6) is -0.248. The van der Waals surface area contributed by atoms with Gasteiger partial charge in [-0.1, -0.05) is 23.2 Å². The number of nitrogens with one attached hydrogen (secondary N) is 1. The normalized spacial score (nSPS) is 12.3. The Morgan fingerprint density at radius 2 is 2.13 bits per heavy atom. The maximum Gasteiger partial charge on any atom is 0.253 e. The van der Waals surface area contributed by atoms with Gasteiger partial charge in [-0.25, -0.2) is 0 Å². The first kappa shape index (κ1) is 12.3. The molecule has 1 aromatic rings. The van der Waals surface area contributed by atoms with Gasteiger partial charge >= 0.3 is 0 Å². The van der Waals surface area contributed by atoms with E-state index in [1.165, 1.54) is 7.11 Å². The Labute approximate surface area is 98.3 Å². The third kappa shape index (κ3) is 3.38. The zero-order chi connectivity index (χ0) is 11.4. The van der Waals surface area contributed by atoms with Gasteiger partial charge in [0.05, 0.1) is 10.7 Å². The van der Waals surface area contributed by atoms with Gasteiger partial charge in [0.25, 0.3) is 5.91 Å². The van der Waals surface area contributed by atoms with Gasteiger partial charge in [-0.2, -0.15) is 0 Å². The number of carbonyl (C=O) groups excluding carboxylic acids is 1. The van der Waals surface area contributed by atoms with Crippen molar-refractivity contribution in [2.75, 3.05) is 12.4 Å². The largest absolute Gasteiger partial charge is 0.372 e. The monoisotopic (exact) mass is 247 g/mol. The van der Waals surface area contributed by atoms with Crippen LogP contribution in [0, 0.1) is 0 Å². The maximum absolute atomic E-state index is 11.5. The number of ether oxygens (including phenoxy) is 1. The molecular formula is C10H11Cl2NO2. The maximum atomic E-state index is 11.5. The van der Waals surface area contributed by atoms with Gasteiger partial charge in [0.15, 0.2) is 0 Å². The minimum atomic E-state index is -0.517. The van der Waals surface area contributed by atoms with E-state index in [0.29, 0.717) is 15.7 Å². The fourth-order valence-corrected chi connectivity index (χ4v) is 1.39. The molecule has 0 heterocycles.